The predicted octanol–water partition coefficient (Wildman–Crippen LogP) is 2.61. The fraction of sp³-hybridized carbons (Fsp3) is 0.263. The molecule has 0 atom stereocenters. The summed E-state index contributed by atoms with van der Waals surface area (Å²) in [4.78, 5) is 17.1. The Morgan fingerprint density at radius 2 is 1.86 bits per heavy atom. The van der Waals surface area contributed by atoms with Crippen LogP contribution in [0.15, 0.2) is 36.8 Å². The van der Waals surface area contributed by atoms with Crippen LogP contribution in [0, 0.1) is 11.6 Å². The van der Waals surface area contributed by atoms with E-state index in [0.29, 0.717) is 42.5 Å². The van der Waals surface area contributed by atoms with Crippen molar-refractivity contribution in [3.05, 3.63) is 59.7 Å². The molecule has 9 heteroatoms. The van der Waals surface area contributed by atoms with Gasteiger partial charge in [0.05, 0.1) is 25.1 Å². The molecule has 3 rings (SSSR count). The van der Waals surface area contributed by atoms with E-state index < -0.39 is 11.6 Å². The average molecular weight is 387 g/mol. The second kappa shape index (κ2) is 9.14. The summed E-state index contributed by atoms with van der Waals surface area (Å²) in [7, 11) is 0. The lowest BCUT2D eigenvalue weighted by Gasteiger charge is -2.11. The van der Waals surface area contributed by atoms with Crippen LogP contribution in [0.5, 0.6) is 5.88 Å². The van der Waals surface area contributed by atoms with E-state index in [1.54, 1.807) is 25.5 Å². The van der Waals surface area contributed by atoms with Gasteiger partial charge in [-0.1, -0.05) is 0 Å². The van der Waals surface area contributed by atoms with Crippen LogP contribution in [-0.4, -0.2) is 44.8 Å². The van der Waals surface area contributed by atoms with Gasteiger partial charge >= 0.3 is 0 Å². The second-order valence-electron chi connectivity index (χ2n) is 5.82. The Morgan fingerprint density at radius 3 is 2.54 bits per heavy atom. The van der Waals surface area contributed by atoms with E-state index in [1.165, 1.54) is 6.07 Å². The molecule has 2 N–H and O–H groups in total. The number of aliphatic hydroxyl groups excluding tert-OH is 1. The van der Waals surface area contributed by atoms with Crippen LogP contribution >= 0.6 is 0 Å². The zero-order valence-corrected chi connectivity index (χ0v) is 15.2. The molecule has 0 amide bonds. The molecule has 0 aliphatic heterocycles. The molecule has 1 aromatic carbocycles. The molecule has 2 heterocycles. The van der Waals surface area contributed by atoms with Crippen molar-refractivity contribution in [2.45, 2.75) is 13.3 Å². The predicted molar refractivity (Wildman–Crippen MR) is 99.0 cm³/mol. The number of hydrogen-bond acceptors (Lipinski definition) is 7. The molecule has 0 aliphatic carbocycles. The molecule has 0 radical (unpaired) electrons. The van der Waals surface area contributed by atoms with Gasteiger partial charge in [0.25, 0.3) is 0 Å². The number of anilines is 1. The molecule has 28 heavy (non-hydrogen) atoms. The Morgan fingerprint density at radius 1 is 1.07 bits per heavy atom. The second-order valence-corrected chi connectivity index (χ2v) is 5.82. The number of aliphatic hydroxyl groups is 1. The van der Waals surface area contributed by atoms with Crippen molar-refractivity contribution in [1.82, 2.24) is 19.9 Å². The Bertz CT molecular complexity index is 938. The van der Waals surface area contributed by atoms with Gasteiger partial charge in [-0.3, -0.25) is 0 Å². The van der Waals surface area contributed by atoms with E-state index in [4.69, 9.17) is 9.84 Å². The summed E-state index contributed by atoms with van der Waals surface area (Å²) in [6.45, 7) is 2.51. The monoisotopic (exact) mass is 387 g/mol. The highest BCUT2D eigenvalue weighted by Crippen LogP contribution is 2.28. The highest BCUT2D eigenvalue weighted by Gasteiger charge is 2.14. The van der Waals surface area contributed by atoms with Crippen LogP contribution in [0.2, 0.25) is 0 Å². The normalized spacial score (nSPS) is 10.7. The highest BCUT2D eigenvalue weighted by atomic mass is 19.2. The minimum atomic E-state index is -0.966. The van der Waals surface area contributed by atoms with Crippen LogP contribution in [0.1, 0.15) is 18.2 Å². The first-order valence-electron chi connectivity index (χ1n) is 8.70. The number of benzene rings is 1. The van der Waals surface area contributed by atoms with Crippen LogP contribution < -0.4 is 10.1 Å². The third-order valence-corrected chi connectivity index (χ3v) is 3.75. The third-order valence-electron chi connectivity index (χ3n) is 3.75. The number of nitrogens with one attached hydrogen (secondary N) is 1. The average Bonchev–Trinajstić information content (AvgIpc) is 2.71. The van der Waals surface area contributed by atoms with Gasteiger partial charge in [0.1, 0.15) is 5.69 Å². The number of halogens is 2. The van der Waals surface area contributed by atoms with Crippen molar-refractivity contribution >= 4 is 5.95 Å². The van der Waals surface area contributed by atoms with E-state index in [-0.39, 0.29) is 12.5 Å². The molecule has 0 saturated heterocycles. The molecule has 0 bridgehead atoms. The van der Waals surface area contributed by atoms with E-state index >= 15 is 0 Å². The van der Waals surface area contributed by atoms with Crippen LogP contribution in [-0.2, 0) is 6.42 Å². The lowest BCUT2D eigenvalue weighted by molar-refractivity contribution is 0.311. The fourth-order valence-electron chi connectivity index (χ4n) is 2.49. The minimum absolute atomic E-state index is 0.0142. The molecule has 2 aromatic heterocycles. The maximum absolute atomic E-state index is 13.7. The van der Waals surface area contributed by atoms with E-state index in [0.717, 1.165) is 17.7 Å². The molecular weight excluding hydrogens is 368 g/mol. The molecule has 0 fully saturated rings. The zero-order valence-electron chi connectivity index (χ0n) is 15.2. The Kier molecular flexibility index (Phi) is 6.38. The Balaban J connectivity index is 1.87. The van der Waals surface area contributed by atoms with Gasteiger partial charge in [-0.2, -0.15) is 0 Å². The van der Waals surface area contributed by atoms with Crippen LogP contribution in [0.3, 0.4) is 0 Å². The standard InChI is InChI=1S/C19H19F2N5O2/c1-2-28-18-17(13-3-4-15(20)16(21)8-13)26-14(11-23-18)7-12-9-24-19(25-10-12)22-5-6-27/h3-4,8-11,27H,2,5-7H2,1H3,(H,22,24,25). The summed E-state index contributed by atoms with van der Waals surface area (Å²) in [5.74, 6) is -1.24. The topological polar surface area (TPSA) is 93.1 Å². The Labute approximate surface area is 160 Å². The maximum Gasteiger partial charge on any atom is 0.240 e. The van der Waals surface area contributed by atoms with Crippen LogP contribution in [0.25, 0.3) is 11.3 Å². The molecular formula is C19H19F2N5O2. The lowest BCUT2D eigenvalue weighted by Crippen LogP contribution is -2.09. The zero-order chi connectivity index (χ0) is 19.9. The lowest BCUT2D eigenvalue weighted by atomic mass is 10.1. The first-order chi connectivity index (χ1) is 13.6. The highest BCUT2D eigenvalue weighted by molar-refractivity contribution is 5.64. The van der Waals surface area contributed by atoms with Gasteiger partial charge in [-0.05, 0) is 30.7 Å². The summed E-state index contributed by atoms with van der Waals surface area (Å²) in [6, 6.07) is 3.54. The quantitative estimate of drug-likeness (QED) is 0.614. The molecule has 3 aromatic rings. The van der Waals surface area contributed by atoms with Gasteiger partial charge in [0.15, 0.2) is 11.6 Å². The van der Waals surface area contributed by atoms with E-state index in [9.17, 15) is 8.78 Å². The van der Waals surface area contributed by atoms with Gasteiger partial charge in [0.2, 0.25) is 11.8 Å². The molecule has 0 unspecified atom stereocenters. The van der Waals surface area contributed by atoms with Crippen LogP contribution in [0.4, 0.5) is 14.7 Å². The van der Waals surface area contributed by atoms with Gasteiger partial charge < -0.3 is 15.2 Å². The summed E-state index contributed by atoms with van der Waals surface area (Å²) >= 11 is 0. The third kappa shape index (κ3) is 4.74. The summed E-state index contributed by atoms with van der Waals surface area (Å²) < 4.78 is 32.4. The number of hydrogen-bond donors (Lipinski definition) is 2. The van der Waals surface area contributed by atoms with E-state index in [2.05, 4.69) is 25.3 Å². The van der Waals surface area contributed by atoms with Gasteiger partial charge in [0, 0.05) is 30.9 Å². The molecule has 0 spiro atoms. The number of rotatable bonds is 8. The van der Waals surface area contributed by atoms with Crippen molar-refractivity contribution in [1.29, 1.82) is 0 Å². The van der Waals surface area contributed by atoms with E-state index in [1.807, 2.05) is 0 Å². The number of aromatic nitrogens is 4. The SMILES string of the molecule is CCOc1ncc(Cc2cnc(NCCO)nc2)nc1-c1ccc(F)c(F)c1. The Hall–Kier alpha value is -3.20. The van der Waals surface area contributed by atoms with Gasteiger partial charge in [-0.15, -0.1) is 0 Å². The largest absolute Gasteiger partial charge is 0.476 e. The molecule has 0 aliphatic rings. The van der Waals surface area contributed by atoms with Crippen molar-refractivity contribution in [2.24, 2.45) is 0 Å². The van der Waals surface area contributed by atoms with Crippen molar-refractivity contribution < 1.29 is 18.6 Å². The summed E-state index contributed by atoms with van der Waals surface area (Å²) in [5, 5.41) is 11.7. The smallest absolute Gasteiger partial charge is 0.240 e. The first-order valence-corrected chi connectivity index (χ1v) is 8.70. The fourth-order valence-corrected chi connectivity index (χ4v) is 2.49. The molecule has 7 nitrogen and oxygen atoms in total. The van der Waals surface area contributed by atoms with Gasteiger partial charge in [-0.25, -0.2) is 28.7 Å². The van der Waals surface area contributed by atoms with Crippen molar-refractivity contribution in [3.8, 4) is 17.1 Å². The summed E-state index contributed by atoms with van der Waals surface area (Å²) in [5.41, 5.74) is 2.10. The van der Waals surface area contributed by atoms with Crippen molar-refractivity contribution in [3.63, 3.8) is 0 Å². The molecule has 0 saturated carbocycles. The minimum Gasteiger partial charge on any atom is -0.476 e. The number of ether oxygens (including phenoxy) is 1. The number of nitrogens with zero attached hydrogens (tertiary/aromatic N) is 4. The van der Waals surface area contributed by atoms with Crippen molar-refractivity contribution in [2.75, 3.05) is 25.1 Å². The first kappa shape index (κ1) is 19.6. The molecule has 146 valence electrons. The maximum atomic E-state index is 13.7. The summed E-state index contributed by atoms with van der Waals surface area (Å²) in [6.07, 6.45) is 5.24.